The second kappa shape index (κ2) is 4.58. The largest absolute Gasteiger partial charge is 0.307 e. The minimum atomic E-state index is 0.416. The van der Waals surface area contributed by atoms with E-state index in [2.05, 4.69) is 37.4 Å². The molecule has 16 heavy (non-hydrogen) atoms. The van der Waals surface area contributed by atoms with Crippen LogP contribution in [0.25, 0.3) is 0 Å². The summed E-state index contributed by atoms with van der Waals surface area (Å²) in [6.07, 6.45) is 6.20. The lowest BCUT2D eigenvalue weighted by molar-refractivity contribution is 0.388. The second-order valence-corrected chi connectivity index (χ2v) is 5.25. The van der Waals surface area contributed by atoms with Crippen LogP contribution in [0.15, 0.2) is 6.20 Å². The van der Waals surface area contributed by atoms with Crippen molar-refractivity contribution in [1.82, 2.24) is 15.1 Å². The summed E-state index contributed by atoms with van der Waals surface area (Å²) < 4.78 is 1.90. The molecule has 1 aromatic rings. The molecule has 90 valence electrons. The number of hydrogen-bond donors (Lipinski definition) is 1. The highest BCUT2D eigenvalue weighted by atomic mass is 15.3. The minimum absolute atomic E-state index is 0.416. The third-order valence-corrected chi connectivity index (χ3v) is 3.84. The number of rotatable bonds is 3. The highest BCUT2D eigenvalue weighted by Gasteiger charge is 2.25. The van der Waals surface area contributed by atoms with Crippen LogP contribution in [-0.2, 0) is 7.05 Å². The molecule has 1 aromatic heterocycles. The van der Waals surface area contributed by atoms with Gasteiger partial charge in [-0.15, -0.1) is 0 Å². The van der Waals surface area contributed by atoms with Crippen molar-refractivity contribution in [1.29, 1.82) is 0 Å². The molecule has 3 heteroatoms. The Labute approximate surface area is 98.2 Å². The van der Waals surface area contributed by atoms with Crippen LogP contribution < -0.4 is 5.32 Å². The lowest BCUT2D eigenvalue weighted by Gasteiger charge is -2.22. The van der Waals surface area contributed by atoms with Crippen LogP contribution in [0.4, 0.5) is 0 Å². The topological polar surface area (TPSA) is 29.9 Å². The van der Waals surface area contributed by atoms with E-state index in [-0.39, 0.29) is 0 Å². The van der Waals surface area contributed by atoms with Crippen molar-refractivity contribution < 1.29 is 0 Å². The molecule has 3 atom stereocenters. The van der Waals surface area contributed by atoms with Gasteiger partial charge in [-0.2, -0.15) is 5.10 Å². The van der Waals surface area contributed by atoms with E-state index >= 15 is 0 Å². The van der Waals surface area contributed by atoms with Gasteiger partial charge in [-0.3, -0.25) is 4.68 Å². The van der Waals surface area contributed by atoms with E-state index in [9.17, 15) is 0 Å². The first-order valence-corrected chi connectivity index (χ1v) is 6.34. The van der Waals surface area contributed by atoms with Crippen LogP contribution in [-0.4, -0.2) is 15.8 Å². The average molecular weight is 221 g/mol. The van der Waals surface area contributed by atoms with Crippen molar-refractivity contribution >= 4 is 0 Å². The molecule has 0 aliphatic heterocycles. The maximum absolute atomic E-state index is 4.40. The predicted molar refractivity (Wildman–Crippen MR) is 66.3 cm³/mol. The van der Waals surface area contributed by atoms with E-state index in [1.54, 1.807) is 0 Å². The monoisotopic (exact) mass is 221 g/mol. The minimum Gasteiger partial charge on any atom is -0.307 e. The quantitative estimate of drug-likeness (QED) is 0.850. The maximum Gasteiger partial charge on any atom is 0.0641 e. The van der Waals surface area contributed by atoms with Gasteiger partial charge in [0.05, 0.1) is 5.69 Å². The van der Waals surface area contributed by atoms with E-state index in [0.29, 0.717) is 12.1 Å². The second-order valence-electron chi connectivity index (χ2n) is 5.25. The van der Waals surface area contributed by atoms with Crippen LogP contribution in [0.5, 0.6) is 0 Å². The fourth-order valence-corrected chi connectivity index (χ4v) is 2.85. The SMILES string of the molecule is Cc1nn(C)cc1C(C)NC1CCCC1C. The molecule has 0 bridgehead atoms. The Bertz CT molecular complexity index is 356. The van der Waals surface area contributed by atoms with E-state index in [0.717, 1.165) is 11.6 Å². The van der Waals surface area contributed by atoms with Crippen LogP contribution in [0.2, 0.25) is 0 Å². The normalized spacial score (nSPS) is 27.2. The Morgan fingerprint density at radius 1 is 1.50 bits per heavy atom. The summed E-state index contributed by atoms with van der Waals surface area (Å²) >= 11 is 0. The van der Waals surface area contributed by atoms with E-state index in [4.69, 9.17) is 0 Å². The number of nitrogens with zero attached hydrogens (tertiary/aromatic N) is 2. The van der Waals surface area contributed by atoms with Gasteiger partial charge in [0.1, 0.15) is 0 Å². The van der Waals surface area contributed by atoms with E-state index < -0.39 is 0 Å². The van der Waals surface area contributed by atoms with Gasteiger partial charge >= 0.3 is 0 Å². The molecule has 2 rings (SSSR count). The zero-order chi connectivity index (χ0) is 11.7. The lowest BCUT2D eigenvalue weighted by atomic mass is 10.0. The smallest absolute Gasteiger partial charge is 0.0641 e. The zero-order valence-electron chi connectivity index (χ0n) is 10.8. The van der Waals surface area contributed by atoms with Crippen LogP contribution in [0.1, 0.15) is 50.4 Å². The first-order valence-electron chi connectivity index (χ1n) is 6.34. The highest BCUT2D eigenvalue weighted by molar-refractivity contribution is 5.19. The third-order valence-electron chi connectivity index (χ3n) is 3.84. The number of aryl methyl sites for hydroxylation is 2. The van der Waals surface area contributed by atoms with E-state index in [1.807, 2.05) is 11.7 Å². The Hall–Kier alpha value is -0.830. The van der Waals surface area contributed by atoms with Crippen molar-refractivity contribution in [2.24, 2.45) is 13.0 Å². The summed E-state index contributed by atoms with van der Waals surface area (Å²) in [7, 11) is 1.99. The van der Waals surface area contributed by atoms with Crippen molar-refractivity contribution in [3.63, 3.8) is 0 Å². The van der Waals surface area contributed by atoms with Gasteiger partial charge in [0.2, 0.25) is 0 Å². The Balaban J connectivity index is 2.02. The van der Waals surface area contributed by atoms with Gasteiger partial charge in [-0.1, -0.05) is 13.3 Å². The fourth-order valence-electron chi connectivity index (χ4n) is 2.85. The van der Waals surface area contributed by atoms with Gasteiger partial charge in [0, 0.05) is 30.9 Å². The van der Waals surface area contributed by atoms with Gasteiger partial charge in [0.15, 0.2) is 0 Å². The van der Waals surface area contributed by atoms with Gasteiger partial charge in [0.25, 0.3) is 0 Å². The standard InChI is InChI=1S/C13H23N3/c1-9-6-5-7-13(9)14-10(2)12-8-16(4)15-11(12)3/h8-10,13-14H,5-7H2,1-4H3. The molecule has 0 saturated heterocycles. The maximum atomic E-state index is 4.40. The first kappa shape index (κ1) is 11.6. The summed E-state index contributed by atoms with van der Waals surface area (Å²) in [6, 6.07) is 1.11. The number of aromatic nitrogens is 2. The van der Waals surface area contributed by atoms with Crippen molar-refractivity contribution in [3.05, 3.63) is 17.5 Å². The van der Waals surface area contributed by atoms with Crippen LogP contribution in [0, 0.1) is 12.8 Å². The summed E-state index contributed by atoms with van der Waals surface area (Å²) in [5, 5.41) is 8.15. The van der Waals surface area contributed by atoms with E-state index in [1.165, 1.54) is 24.8 Å². The Kier molecular flexibility index (Phi) is 3.33. The molecule has 1 fully saturated rings. The van der Waals surface area contributed by atoms with Gasteiger partial charge < -0.3 is 5.32 Å². The molecule has 0 aromatic carbocycles. The van der Waals surface area contributed by atoms with Crippen molar-refractivity contribution in [2.45, 2.75) is 52.1 Å². The van der Waals surface area contributed by atoms with Crippen LogP contribution >= 0.6 is 0 Å². The molecule has 1 heterocycles. The summed E-state index contributed by atoms with van der Waals surface area (Å²) in [4.78, 5) is 0. The molecule has 3 unspecified atom stereocenters. The summed E-state index contributed by atoms with van der Waals surface area (Å²) in [6.45, 7) is 6.69. The average Bonchev–Trinajstić information content (AvgIpc) is 2.74. The Morgan fingerprint density at radius 2 is 2.25 bits per heavy atom. The van der Waals surface area contributed by atoms with Crippen molar-refractivity contribution in [2.75, 3.05) is 0 Å². The molecule has 1 aliphatic carbocycles. The number of hydrogen-bond acceptors (Lipinski definition) is 2. The molecular weight excluding hydrogens is 198 g/mol. The summed E-state index contributed by atoms with van der Waals surface area (Å²) in [5.41, 5.74) is 2.48. The number of nitrogens with one attached hydrogen (secondary N) is 1. The zero-order valence-corrected chi connectivity index (χ0v) is 10.8. The van der Waals surface area contributed by atoms with Crippen LogP contribution in [0.3, 0.4) is 0 Å². The van der Waals surface area contributed by atoms with Crippen molar-refractivity contribution in [3.8, 4) is 0 Å². The predicted octanol–water partition coefficient (Wildman–Crippen LogP) is 2.57. The molecule has 0 amide bonds. The molecule has 3 nitrogen and oxygen atoms in total. The first-order chi connectivity index (χ1) is 7.58. The lowest BCUT2D eigenvalue weighted by Crippen LogP contribution is -2.33. The Morgan fingerprint density at radius 3 is 2.75 bits per heavy atom. The molecule has 1 N–H and O–H groups in total. The molecule has 1 saturated carbocycles. The molecular formula is C13H23N3. The van der Waals surface area contributed by atoms with Gasteiger partial charge in [-0.05, 0) is 32.6 Å². The van der Waals surface area contributed by atoms with Gasteiger partial charge in [-0.25, -0.2) is 0 Å². The third kappa shape index (κ3) is 2.29. The summed E-state index contributed by atoms with van der Waals surface area (Å²) in [5.74, 6) is 0.819. The molecule has 0 radical (unpaired) electrons. The highest BCUT2D eigenvalue weighted by Crippen LogP contribution is 2.27. The fraction of sp³-hybridized carbons (Fsp3) is 0.769. The molecule has 0 spiro atoms. The molecule has 1 aliphatic rings.